The summed E-state index contributed by atoms with van der Waals surface area (Å²) in [5, 5.41) is 22.2. The summed E-state index contributed by atoms with van der Waals surface area (Å²) in [5.74, 6) is -4.19. The first-order chi connectivity index (χ1) is 10.1. The Balaban J connectivity index is 4.80. The van der Waals surface area contributed by atoms with Crippen molar-refractivity contribution in [1.29, 1.82) is 0 Å². The molecule has 0 heterocycles. The SMILES string of the molecule is CC(C)[C@H](N)C(=O)N[C@@H](CO)C(=O)N[C@@H](CC(N)=O)C(=O)O. The average molecular weight is 318 g/mol. The van der Waals surface area contributed by atoms with Crippen molar-refractivity contribution in [2.45, 2.75) is 38.4 Å². The molecule has 0 aliphatic rings. The molecular weight excluding hydrogens is 296 g/mol. The van der Waals surface area contributed by atoms with Crippen molar-refractivity contribution < 1.29 is 29.4 Å². The van der Waals surface area contributed by atoms with Gasteiger partial charge in [-0.2, -0.15) is 0 Å². The van der Waals surface area contributed by atoms with Gasteiger partial charge in [0.05, 0.1) is 19.1 Å². The minimum absolute atomic E-state index is 0.191. The molecule has 0 unspecified atom stereocenters. The minimum Gasteiger partial charge on any atom is -0.480 e. The van der Waals surface area contributed by atoms with Gasteiger partial charge in [-0.3, -0.25) is 14.4 Å². The summed E-state index contributed by atoms with van der Waals surface area (Å²) in [7, 11) is 0. The maximum atomic E-state index is 11.9. The average Bonchev–Trinajstić information content (AvgIpc) is 2.41. The Kier molecular flexibility index (Phi) is 8.05. The van der Waals surface area contributed by atoms with Crippen LogP contribution in [0.4, 0.5) is 0 Å². The zero-order chi connectivity index (χ0) is 17.4. The van der Waals surface area contributed by atoms with Crippen LogP contribution in [0.2, 0.25) is 0 Å². The summed E-state index contributed by atoms with van der Waals surface area (Å²) in [4.78, 5) is 45.3. The second-order valence-corrected chi connectivity index (χ2v) is 5.08. The predicted molar refractivity (Wildman–Crippen MR) is 75.2 cm³/mol. The van der Waals surface area contributed by atoms with E-state index in [0.29, 0.717) is 0 Å². The van der Waals surface area contributed by atoms with Gasteiger partial charge in [0, 0.05) is 0 Å². The standard InChI is InChI=1S/C12H22N4O6/c1-5(2)9(14)11(20)16-7(4-17)10(19)15-6(12(21)22)3-8(13)18/h5-7,9,17H,3-4,14H2,1-2H3,(H2,13,18)(H,15,19)(H,16,20)(H,21,22)/t6-,7-,9-/m0/s1. The molecule has 10 nitrogen and oxygen atoms in total. The largest absolute Gasteiger partial charge is 0.480 e. The molecule has 0 rings (SSSR count). The molecule has 0 aromatic carbocycles. The maximum absolute atomic E-state index is 11.9. The molecule has 3 amide bonds. The summed E-state index contributed by atoms with van der Waals surface area (Å²) in [6, 6.07) is -3.82. The van der Waals surface area contributed by atoms with Crippen molar-refractivity contribution >= 4 is 23.7 Å². The lowest BCUT2D eigenvalue weighted by Gasteiger charge is -2.22. The zero-order valence-corrected chi connectivity index (χ0v) is 12.4. The van der Waals surface area contributed by atoms with E-state index < -0.39 is 54.8 Å². The fourth-order valence-corrected chi connectivity index (χ4v) is 1.44. The van der Waals surface area contributed by atoms with Gasteiger partial charge < -0.3 is 32.3 Å². The van der Waals surface area contributed by atoms with E-state index in [9.17, 15) is 19.2 Å². The van der Waals surface area contributed by atoms with Crippen LogP contribution in [-0.2, 0) is 19.2 Å². The van der Waals surface area contributed by atoms with Crippen LogP contribution in [0.3, 0.4) is 0 Å². The maximum Gasteiger partial charge on any atom is 0.326 e. The Bertz CT molecular complexity index is 439. The number of carboxylic acids is 1. The molecule has 0 saturated heterocycles. The van der Waals surface area contributed by atoms with Crippen LogP contribution < -0.4 is 22.1 Å². The second-order valence-electron chi connectivity index (χ2n) is 5.08. The highest BCUT2D eigenvalue weighted by Gasteiger charge is 2.28. The highest BCUT2D eigenvalue weighted by molar-refractivity contribution is 5.93. The first-order valence-corrected chi connectivity index (χ1v) is 6.58. The number of hydrogen-bond acceptors (Lipinski definition) is 6. The summed E-state index contributed by atoms with van der Waals surface area (Å²) < 4.78 is 0. The number of aliphatic hydroxyl groups is 1. The molecule has 22 heavy (non-hydrogen) atoms. The molecular formula is C12H22N4O6. The van der Waals surface area contributed by atoms with E-state index in [1.165, 1.54) is 0 Å². The summed E-state index contributed by atoms with van der Waals surface area (Å²) in [6.45, 7) is 2.64. The Hall–Kier alpha value is -2.20. The highest BCUT2D eigenvalue weighted by atomic mass is 16.4. The van der Waals surface area contributed by atoms with Crippen molar-refractivity contribution in [1.82, 2.24) is 10.6 Å². The quantitative estimate of drug-likeness (QED) is 0.260. The lowest BCUT2D eigenvalue weighted by molar-refractivity contribution is -0.144. The van der Waals surface area contributed by atoms with Crippen LogP contribution in [-0.4, -0.2) is 58.6 Å². The van der Waals surface area contributed by atoms with E-state index in [-0.39, 0.29) is 5.92 Å². The number of nitrogens with two attached hydrogens (primary N) is 2. The van der Waals surface area contributed by atoms with Crippen molar-refractivity contribution in [3.05, 3.63) is 0 Å². The molecule has 0 aromatic heterocycles. The third kappa shape index (κ3) is 6.50. The molecule has 10 heteroatoms. The number of carboxylic acid groups (broad SMARTS) is 1. The number of primary amides is 1. The van der Waals surface area contributed by atoms with Gasteiger partial charge in [0.15, 0.2) is 0 Å². The Morgan fingerprint density at radius 1 is 1.05 bits per heavy atom. The lowest BCUT2D eigenvalue weighted by Crippen LogP contribution is -2.56. The van der Waals surface area contributed by atoms with E-state index in [1.807, 2.05) is 5.32 Å². The van der Waals surface area contributed by atoms with E-state index in [1.54, 1.807) is 13.8 Å². The first kappa shape index (κ1) is 19.8. The number of nitrogens with one attached hydrogen (secondary N) is 2. The van der Waals surface area contributed by atoms with E-state index >= 15 is 0 Å². The smallest absolute Gasteiger partial charge is 0.326 e. The number of aliphatic hydroxyl groups excluding tert-OH is 1. The molecule has 0 aliphatic carbocycles. The zero-order valence-electron chi connectivity index (χ0n) is 12.4. The third-order valence-corrected chi connectivity index (χ3v) is 2.86. The van der Waals surface area contributed by atoms with Gasteiger partial charge in [-0.25, -0.2) is 4.79 Å². The second kappa shape index (κ2) is 8.95. The first-order valence-electron chi connectivity index (χ1n) is 6.58. The van der Waals surface area contributed by atoms with Crippen LogP contribution in [0.5, 0.6) is 0 Å². The summed E-state index contributed by atoms with van der Waals surface area (Å²) in [5.41, 5.74) is 10.5. The van der Waals surface area contributed by atoms with Crippen molar-refractivity contribution in [3.63, 3.8) is 0 Å². The van der Waals surface area contributed by atoms with Crippen LogP contribution in [0, 0.1) is 5.92 Å². The topological polar surface area (TPSA) is 185 Å². The van der Waals surface area contributed by atoms with E-state index in [0.717, 1.165) is 0 Å². The van der Waals surface area contributed by atoms with E-state index in [2.05, 4.69) is 5.32 Å². The summed E-state index contributed by atoms with van der Waals surface area (Å²) >= 11 is 0. The monoisotopic (exact) mass is 318 g/mol. The van der Waals surface area contributed by atoms with E-state index in [4.69, 9.17) is 21.7 Å². The Morgan fingerprint density at radius 2 is 1.55 bits per heavy atom. The highest BCUT2D eigenvalue weighted by Crippen LogP contribution is 1.99. The fourth-order valence-electron chi connectivity index (χ4n) is 1.44. The Labute approximate surface area is 127 Å². The number of hydrogen-bond donors (Lipinski definition) is 6. The predicted octanol–water partition coefficient (Wildman–Crippen LogP) is -3.11. The van der Waals surface area contributed by atoms with Crippen molar-refractivity contribution in [2.24, 2.45) is 17.4 Å². The Morgan fingerprint density at radius 3 is 1.91 bits per heavy atom. The number of aliphatic carboxylic acids is 1. The molecule has 8 N–H and O–H groups in total. The summed E-state index contributed by atoms with van der Waals surface area (Å²) in [6.07, 6.45) is -0.612. The molecule has 0 saturated carbocycles. The van der Waals surface area contributed by atoms with Crippen molar-refractivity contribution in [2.75, 3.05) is 6.61 Å². The molecule has 0 fully saturated rings. The van der Waals surface area contributed by atoms with Gasteiger partial charge in [-0.1, -0.05) is 13.8 Å². The van der Waals surface area contributed by atoms with Crippen LogP contribution >= 0.6 is 0 Å². The van der Waals surface area contributed by atoms with Crippen LogP contribution in [0.25, 0.3) is 0 Å². The van der Waals surface area contributed by atoms with Gasteiger partial charge in [-0.05, 0) is 5.92 Å². The number of carbonyl (C=O) groups excluding carboxylic acids is 3. The molecule has 0 aliphatic heterocycles. The molecule has 0 aromatic rings. The van der Waals surface area contributed by atoms with Crippen LogP contribution in [0.15, 0.2) is 0 Å². The lowest BCUT2D eigenvalue weighted by atomic mass is 10.0. The molecule has 0 spiro atoms. The minimum atomic E-state index is -1.55. The molecule has 0 radical (unpaired) electrons. The third-order valence-electron chi connectivity index (χ3n) is 2.86. The molecule has 0 bridgehead atoms. The van der Waals surface area contributed by atoms with Gasteiger partial charge in [0.2, 0.25) is 17.7 Å². The van der Waals surface area contributed by atoms with Crippen molar-refractivity contribution in [3.8, 4) is 0 Å². The van der Waals surface area contributed by atoms with Gasteiger partial charge in [0.1, 0.15) is 12.1 Å². The van der Waals surface area contributed by atoms with Gasteiger partial charge in [0.25, 0.3) is 0 Å². The molecule has 3 atom stereocenters. The number of amides is 3. The molecule has 126 valence electrons. The number of carbonyl (C=O) groups is 4. The van der Waals surface area contributed by atoms with Gasteiger partial charge in [-0.15, -0.1) is 0 Å². The fraction of sp³-hybridized carbons (Fsp3) is 0.667. The van der Waals surface area contributed by atoms with Gasteiger partial charge >= 0.3 is 5.97 Å². The normalized spacial score (nSPS) is 14.8. The number of rotatable bonds is 9. The van der Waals surface area contributed by atoms with Crippen LogP contribution in [0.1, 0.15) is 20.3 Å².